The highest BCUT2D eigenvalue weighted by molar-refractivity contribution is 7.92. The summed E-state index contributed by atoms with van der Waals surface area (Å²) in [5.41, 5.74) is 0.318. The number of rotatable bonds is 10. The fraction of sp³-hybridized carbons (Fsp3) is 0.457. The minimum absolute atomic E-state index is 0.0362. The highest BCUT2D eigenvalue weighted by Crippen LogP contribution is 2.46. The van der Waals surface area contributed by atoms with Gasteiger partial charge in [0.2, 0.25) is 11.8 Å². The van der Waals surface area contributed by atoms with E-state index in [1.807, 2.05) is 0 Å². The molecule has 9 nitrogen and oxygen atoms in total. The van der Waals surface area contributed by atoms with E-state index in [9.17, 15) is 23.1 Å². The Morgan fingerprint density at radius 3 is 2.30 bits per heavy atom. The molecule has 1 atom stereocenters. The average molecular weight is 668 g/mol. The number of aryl methyl sites for hydroxylation is 1. The Bertz CT molecular complexity index is 1650. The summed E-state index contributed by atoms with van der Waals surface area (Å²) < 4.78 is 32.5. The Labute approximate surface area is 276 Å². The molecule has 2 saturated carbocycles. The van der Waals surface area contributed by atoms with E-state index in [1.54, 1.807) is 37.3 Å². The summed E-state index contributed by atoms with van der Waals surface area (Å²) in [5, 5.41) is 15.7. The number of carbonyl (C=O) groups excluding carboxylic acids is 2. The monoisotopic (exact) mass is 667 g/mol. The van der Waals surface area contributed by atoms with Crippen molar-refractivity contribution in [3.63, 3.8) is 0 Å². The number of sulfone groups is 1. The number of ether oxygens (including phenoxy) is 1. The molecule has 246 valence electrons. The number of hydrogen-bond donors (Lipinski definition) is 3. The van der Waals surface area contributed by atoms with Crippen molar-refractivity contribution >= 4 is 44.6 Å². The second-order valence-electron chi connectivity index (χ2n) is 12.7. The molecule has 2 aliphatic rings. The number of nitrogens with zero attached hydrogens (tertiary/aromatic N) is 1. The first kappa shape index (κ1) is 33.7. The predicted molar refractivity (Wildman–Crippen MR) is 179 cm³/mol. The molecule has 2 aliphatic carbocycles. The van der Waals surface area contributed by atoms with Crippen molar-refractivity contribution in [1.82, 2.24) is 4.98 Å². The number of hydrogen-bond acceptors (Lipinski definition) is 7. The maximum absolute atomic E-state index is 14.0. The van der Waals surface area contributed by atoms with Gasteiger partial charge in [0, 0.05) is 34.5 Å². The highest BCUT2D eigenvalue weighted by Gasteiger charge is 2.41. The molecule has 0 aliphatic heterocycles. The third-order valence-electron chi connectivity index (χ3n) is 9.39. The van der Waals surface area contributed by atoms with Crippen LogP contribution in [0.4, 0.5) is 11.4 Å². The Morgan fingerprint density at radius 2 is 1.65 bits per heavy atom. The van der Waals surface area contributed by atoms with Crippen molar-refractivity contribution in [2.45, 2.75) is 94.6 Å². The molecule has 46 heavy (non-hydrogen) atoms. The van der Waals surface area contributed by atoms with Crippen molar-refractivity contribution in [3.05, 3.63) is 65.4 Å². The van der Waals surface area contributed by atoms with Crippen LogP contribution in [-0.2, 0) is 19.4 Å². The molecule has 0 spiro atoms. The van der Waals surface area contributed by atoms with Crippen LogP contribution in [0, 0.1) is 18.3 Å². The zero-order valence-corrected chi connectivity index (χ0v) is 27.9. The minimum atomic E-state index is -4.07. The highest BCUT2D eigenvalue weighted by atomic mass is 35.5. The quantitative estimate of drug-likeness (QED) is 0.186. The molecule has 1 aromatic heterocycles. The molecular weight excluding hydrogens is 626 g/mol. The van der Waals surface area contributed by atoms with E-state index in [0.29, 0.717) is 22.4 Å². The minimum Gasteiger partial charge on any atom is -0.506 e. The Kier molecular flexibility index (Phi) is 10.6. The van der Waals surface area contributed by atoms with Gasteiger partial charge in [-0.2, -0.15) is 0 Å². The summed E-state index contributed by atoms with van der Waals surface area (Å²) in [6.45, 7) is 3.02. The summed E-state index contributed by atoms with van der Waals surface area (Å²) in [7, 11) is -4.07. The van der Waals surface area contributed by atoms with Gasteiger partial charge in [-0.25, -0.2) is 8.42 Å². The summed E-state index contributed by atoms with van der Waals surface area (Å²) in [4.78, 5) is 31.3. The first-order valence-corrected chi connectivity index (χ1v) is 18.0. The zero-order valence-electron chi connectivity index (χ0n) is 26.4. The first-order valence-electron chi connectivity index (χ1n) is 16.1. The van der Waals surface area contributed by atoms with Crippen LogP contribution < -0.4 is 15.4 Å². The van der Waals surface area contributed by atoms with Gasteiger partial charge in [0.25, 0.3) is 0 Å². The third-order valence-corrected chi connectivity index (χ3v) is 11.7. The van der Waals surface area contributed by atoms with Gasteiger partial charge in [0.15, 0.2) is 15.6 Å². The molecule has 1 heterocycles. The lowest BCUT2D eigenvalue weighted by molar-refractivity contribution is -0.129. The molecule has 2 fully saturated rings. The lowest BCUT2D eigenvalue weighted by Gasteiger charge is -2.39. The van der Waals surface area contributed by atoms with Crippen molar-refractivity contribution in [2.75, 3.05) is 10.6 Å². The second-order valence-corrected chi connectivity index (χ2v) is 15.4. The summed E-state index contributed by atoms with van der Waals surface area (Å²) in [5.74, 6) is -0.221. The van der Waals surface area contributed by atoms with Crippen LogP contribution in [0.25, 0.3) is 0 Å². The van der Waals surface area contributed by atoms with Crippen molar-refractivity contribution in [2.24, 2.45) is 11.3 Å². The molecule has 0 bridgehead atoms. The molecular formula is C35H42ClN3O6S. The van der Waals surface area contributed by atoms with E-state index in [2.05, 4.69) is 15.6 Å². The fourth-order valence-corrected chi connectivity index (χ4v) is 7.97. The fourth-order valence-electron chi connectivity index (χ4n) is 6.63. The molecule has 1 unspecified atom stereocenters. The molecule has 2 amide bonds. The summed E-state index contributed by atoms with van der Waals surface area (Å²) in [6, 6.07) is 12.2. The van der Waals surface area contributed by atoms with E-state index in [0.717, 1.165) is 51.4 Å². The second kappa shape index (κ2) is 14.4. The normalized spacial score (nSPS) is 17.5. The number of anilines is 2. The number of benzene rings is 2. The number of aromatic hydroxyl groups is 1. The molecule has 11 heteroatoms. The number of pyridine rings is 1. The van der Waals surface area contributed by atoms with E-state index >= 15 is 0 Å². The topological polar surface area (TPSA) is 135 Å². The zero-order chi connectivity index (χ0) is 32.9. The maximum Gasteiger partial charge on any atom is 0.242 e. The Balaban J connectivity index is 1.43. The predicted octanol–water partition coefficient (Wildman–Crippen LogP) is 8.20. The van der Waals surface area contributed by atoms with E-state index in [4.69, 9.17) is 16.3 Å². The number of aromatic nitrogens is 1. The van der Waals surface area contributed by atoms with Crippen molar-refractivity contribution in [3.8, 4) is 17.2 Å². The van der Waals surface area contributed by atoms with E-state index in [-0.39, 0.29) is 33.7 Å². The van der Waals surface area contributed by atoms with Crippen molar-refractivity contribution < 1.29 is 27.9 Å². The standard InChI is InChI=1S/C35H42ClN3O6S/c1-23-11-16-28(22-37-23)46(43,44)24(2)33(41)38-30-19-31(40)29(20-32(30)45-27-14-12-26(36)13-15-27)39-34(42)35(17-7-4-8-18-35)21-25-9-5-3-6-10-25/h11-16,19-20,22,24-25,40H,3-10,17-18,21H2,1-2H3,(H,38,41)(H,39,42). The lowest BCUT2D eigenvalue weighted by atomic mass is 9.66. The van der Waals surface area contributed by atoms with Gasteiger partial charge < -0.3 is 20.5 Å². The maximum atomic E-state index is 14.0. The van der Waals surface area contributed by atoms with Gasteiger partial charge in [0.05, 0.1) is 16.3 Å². The van der Waals surface area contributed by atoms with Crippen LogP contribution in [-0.4, -0.2) is 35.6 Å². The lowest BCUT2D eigenvalue weighted by Crippen LogP contribution is -2.40. The van der Waals surface area contributed by atoms with Crippen LogP contribution in [0.15, 0.2) is 59.6 Å². The first-order chi connectivity index (χ1) is 22.0. The summed E-state index contributed by atoms with van der Waals surface area (Å²) in [6.07, 6.45) is 12.7. The number of phenolic OH excluding ortho intramolecular Hbond substituents is 1. The van der Waals surface area contributed by atoms with Gasteiger partial charge in [-0.15, -0.1) is 0 Å². The van der Waals surface area contributed by atoms with Gasteiger partial charge in [-0.3, -0.25) is 14.6 Å². The van der Waals surface area contributed by atoms with Gasteiger partial charge in [-0.05, 0) is 75.4 Å². The molecule has 0 radical (unpaired) electrons. The SMILES string of the molecule is Cc1ccc(S(=O)(=O)C(C)C(=O)Nc2cc(O)c(NC(=O)C3(CC4CCCCC4)CCCCC3)cc2Oc2ccc(Cl)cc2)cn1. The largest absolute Gasteiger partial charge is 0.506 e. The number of carbonyl (C=O) groups is 2. The molecule has 0 saturated heterocycles. The van der Waals surface area contributed by atoms with Crippen LogP contribution in [0.1, 0.15) is 83.2 Å². The number of amides is 2. The van der Waals surface area contributed by atoms with Gasteiger partial charge in [0.1, 0.15) is 16.7 Å². The Morgan fingerprint density at radius 1 is 0.978 bits per heavy atom. The smallest absolute Gasteiger partial charge is 0.242 e. The van der Waals surface area contributed by atoms with Gasteiger partial charge in [-0.1, -0.05) is 63.0 Å². The van der Waals surface area contributed by atoms with E-state index in [1.165, 1.54) is 50.6 Å². The van der Waals surface area contributed by atoms with Gasteiger partial charge >= 0.3 is 0 Å². The molecule has 5 rings (SSSR count). The van der Waals surface area contributed by atoms with E-state index < -0.39 is 26.4 Å². The van der Waals surface area contributed by atoms with Crippen molar-refractivity contribution in [1.29, 1.82) is 0 Å². The van der Waals surface area contributed by atoms with Crippen LogP contribution in [0.5, 0.6) is 17.2 Å². The molecule has 3 N–H and O–H groups in total. The molecule has 2 aromatic carbocycles. The number of halogens is 1. The number of nitrogens with one attached hydrogen (secondary N) is 2. The van der Waals surface area contributed by atoms with Crippen LogP contribution in [0.3, 0.4) is 0 Å². The third kappa shape index (κ3) is 7.83. The Hall–Kier alpha value is -3.63. The molecule has 3 aromatic rings. The van der Waals surface area contributed by atoms with Crippen LogP contribution in [0.2, 0.25) is 5.02 Å². The number of phenols is 1. The van der Waals surface area contributed by atoms with Crippen LogP contribution >= 0.6 is 11.6 Å². The average Bonchev–Trinajstić information content (AvgIpc) is 3.04. The summed E-state index contributed by atoms with van der Waals surface area (Å²) >= 11 is 6.06.